The number of carbonyl (C=O) groups excluding carboxylic acids is 1. The quantitative estimate of drug-likeness (QED) is 0.790. The van der Waals surface area contributed by atoms with E-state index in [1.807, 2.05) is 0 Å². The molecule has 2 atom stereocenters. The Morgan fingerprint density at radius 3 is 2.94 bits per heavy atom. The van der Waals surface area contributed by atoms with E-state index in [1.165, 1.54) is 24.3 Å². The van der Waals surface area contributed by atoms with Gasteiger partial charge in [-0.2, -0.15) is 0 Å². The van der Waals surface area contributed by atoms with Crippen molar-refractivity contribution in [2.24, 2.45) is 5.73 Å². The molecule has 4 heteroatoms. The fourth-order valence-corrected chi connectivity index (χ4v) is 1.81. The Morgan fingerprint density at radius 1 is 1.56 bits per heavy atom. The van der Waals surface area contributed by atoms with E-state index in [-0.39, 0.29) is 10.6 Å². The average molecular weight is 246 g/mol. The molecule has 1 saturated carbocycles. The van der Waals surface area contributed by atoms with Crippen LogP contribution in [0.4, 0.5) is 0 Å². The standard InChI is InChI=1S/C12H14ClNO2/c13-9-5-2-1-4-8(9)12(14)7-3-6-10(15)11(12)16/h1-2,4-5,10,15H,3,6-7,14H2/t10-,12+/m1/s1/i3D2,6D2,7D2. The summed E-state index contributed by atoms with van der Waals surface area (Å²) in [6.45, 7) is 0. The Morgan fingerprint density at radius 2 is 2.25 bits per heavy atom. The molecule has 1 fully saturated rings. The molecule has 0 aromatic heterocycles. The highest BCUT2D eigenvalue weighted by atomic mass is 35.5. The number of Topliss-reactive ketones (excluding diaryl/α,β-unsaturated/α-hetero) is 1. The summed E-state index contributed by atoms with van der Waals surface area (Å²) >= 11 is 5.96. The van der Waals surface area contributed by atoms with Gasteiger partial charge in [-0.25, -0.2) is 0 Å². The molecule has 0 aliphatic heterocycles. The van der Waals surface area contributed by atoms with E-state index in [0.717, 1.165) is 0 Å². The van der Waals surface area contributed by atoms with Gasteiger partial charge in [-0.15, -0.1) is 0 Å². The Hall–Kier alpha value is -0.900. The van der Waals surface area contributed by atoms with Crippen molar-refractivity contribution >= 4 is 17.4 Å². The van der Waals surface area contributed by atoms with Gasteiger partial charge in [0.25, 0.3) is 0 Å². The van der Waals surface area contributed by atoms with Gasteiger partial charge < -0.3 is 10.8 Å². The Bertz CT molecular complexity index is 638. The lowest BCUT2D eigenvalue weighted by atomic mass is 9.75. The maximum absolute atomic E-state index is 12.4. The van der Waals surface area contributed by atoms with E-state index in [0.29, 0.717) is 0 Å². The van der Waals surface area contributed by atoms with Crippen molar-refractivity contribution in [3.63, 3.8) is 0 Å². The minimum absolute atomic E-state index is 0.0762. The summed E-state index contributed by atoms with van der Waals surface area (Å²) < 4.78 is 46.9. The van der Waals surface area contributed by atoms with Crippen LogP contribution >= 0.6 is 11.6 Å². The topological polar surface area (TPSA) is 63.3 Å². The minimum atomic E-state index is -3.23. The lowest BCUT2D eigenvalue weighted by Gasteiger charge is -2.35. The Balaban J connectivity index is 2.81. The summed E-state index contributed by atoms with van der Waals surface area (Å²) in [7, 11) is 0. The molecule has 1 aliphatic rings. The summed E-state index contributed by atoms with van der Waals surface area (Å²) in [6, 6.07) is 5.55. The maximum Gasteiger partial charge on any atom is 0.185 e. The zero-order valence-corrected chi connectivity index (χ0v) is 8.95. The zero-order chi connectivity index (χ0) is 17.1. The van der Waals surface area contributed by atoms with Gasteiger partial charge in [0.2, 0.25) is 0 Å². The molecule has 1 aromatic rings. The van der Waals surface area contributed by atoms with Crippen LogP contribution in [0, 0.1) is 0 Å². The van der Waals surface area contributed by atoms with Gasteiger partial charge >= 0.3 is 0 Å². The fourth-order valence-electron chi connectivity index (χ4n) is 1.53. The highest BCUT2D eigenvalue weighted by molar-refractivity contribution is 6.31. The van der Waals surface area contributed by atoms with E-state index in [1.54, 1.807) is 0 Å². The predicted molar refractivity (Wildman–Crippen MR) is 62.2 cm³/mol. The molecule has 1 aromatic carbocycles. The first kappa shape index (κ1) is 6.15. The number of halogens is 1. The van der Waals surface area contributed by atoms with Gasteiger partial charge in [-0.1, -0.05) is 29.8 Å². The van der Waals surface area contributed by atoms with Crippen molar-refractivity contribution in [3.05, 3.63) is 34.9 Å². The fraction of sp³-hybridized carbons (Fsp3) is 0.417. The van der Waals surface area contributed by atoms with E-state index in [4.69, 9.17) is 25.6 Å². The molecule has 0 heterocycles. The van der Waals surface area contributed by atoms with Gasteiger partial charge in [0.05, 0.1) is 0 Å². The number of hydrogen-bond acceptors (Lipinski definition) is 3. The monoisotopic (exact) mass is 245 g/mol. The first-order valence-corrected chi connectivity index (χ1v) is 4.97. The third kappa shape index (κ3) is 1.75. The molecule has 0 bridgehead atoms. The second-order valence-corrected chi connectivity index (χ2v) is 3.86. The predicted octanol–water partition coefficient (Wildman–Crippen LogP) is 1.61. The third-order valence-corrected chi connectivity index (χ3v) is 2.73. The van der Waals surface area contributed by atoms with Crippen LogP contribution in [-0.4, -0.2) is 17.0 Å². The molecule has 1 aliphatic carbocycles. The van der Waals surface area contributed by atoms with Crippen LogP contribution in [0.3, 0.4) is 0 Å². The van der Waals surface area contributed by atoms with Crippen molar-refractivity contribution in [3.8, 4) is 0 Å². The lowest BCUT2D eigenvalue weighted by molar-refractivity contribution is -0.136. The summed E-state index contributed by atoms with van der Waals surface area (Å²) in [5, 5.41) is 9.83. The smallest absolute Gasteiger partial charge is 0.185 e. The molecule has 16 heavy (non-hydrogen) atoms. The third-order valence-electron chi connectivity index (χ3n) is 2.40. The van der Waals surface area contributed by atoms with Gasteiger partial charge in [0.15, 0.2) is 5.78 Å². The first-order chi connectivity index (χ1) is 9.83. The van der Waals surface area contributed by atoms with E-state index in [2.05, 4.69) is 0 Å². The molecule has 0 radical (unpaired) electrons. The first-order valence-electron chi connectivity index (χ1n) is 7.59. The van der Waals surface area contributed by atoms with Crippen LogP contribution in [-0.2, 0) is 10.3 Å². The highest BCUT2D eigenvalue weighted by Gasteiger charge is 2.43. The van der Waals surface area contributed by atoms with Gasteiger partial charge in [-0.3, -0.25) is 4.79 Å². The average Bonchev–Trinajstić information content (AvgIpc) is 2.43. The normalized spacial score (nSPS) is 45.4. The van der Waals surface area contributed by atoms with Gasteiger partial charge in [0, 0.05) is 13.2 Å². The number of aliphatic hydroxyl groups is 1. The highest BCUT2D eigenvalue weighted by Crippen LogP contribution is 2.35. The summed E-state index contributed by atoms with van der Waals surface area (Å²) in [4.78, 5) is 12.4. The maximum atomic E-state index is 12.4. The minimum Gasteiger partial charge on any atom is -0.385 e. The number of aliphatic hydroxyl groups excluding tert-OH is 1. The molecule has 3 N–H and O–H groups in total. The molecule has 86 valence electrons. The van der Waals surface area contributed by atoms with Crippen molar-refractivity contribution in [1.29, 1.82) is 0 Å². The second kappa shape index (κ2) is 4.17. The van der Waals surface area contributed by atoms with Crippen molar-refractivity contribution < 1.29 is 18.1 Å². The largest absolute Gasteiger partial charge is 0.385 e. The number of ketones is 1. The molecule has 0 amide bonds. The summed E-state index contributed by atoms with van der Waals surface area (Å²) in [5.74, 6) is -1.36. The summed E-state index contributed by atoms with van der Waals surface area (Å²) in [5.41, 5.74) is 3.09. The zero-order valence-electron chi connectivity index (χ0n) is 14.2. The molecule has 2 rings (SSSR count). The molecule has 0 unspecified atom stereocenters. The van der Waals surface area contributed by atoms with E-state index >= 15 is 0 Å². The van der Waals surface area contributed by atoms with Crippen LogP contribution in [0.25, 0.3) is 0 Å². The summed E-state index contributed by atoms with van der Waals surface area (Å²) in [6.07, 6.45) is -11.9. The Labute approximate surface area is 108 Å². The molecule has 3 nitrogen and oxygen atoms in total. The van der Waals surface area contributed by atoms with E-state index in [9.17, 15) is 9.90 Å². The van der Waals surface area contributed by atoms with Crippen molar-refractivity contribution in [2.45, 2.75) is 30.8 Å². The number of hydrogen-bond donors (Lipinski definition) is 2. The number of nitrogens with two attached hydrogens (primary N) is 1. The van der Waals surface area contributed by atoms with Crippen LogP contribution in [0.2, 0.25) is 5.02 Å². The molecular formula is C12H14ClNO2. The van der Waals surface area contributed by atoms with Crippen LogP contribution in [0.1, 0.15) is 32.9 Å². The number of benzene rings is 1. The molecule has 0 spiro atoms. The van der Waals surface area contributed by atoms with Crippen molar-refractivity contribution in [1.82, 2.24) is 0 Å². The number of carbonyl (C=O) groups is 1. The SMILES string of the molecule is [2H]C1([2H])[C@@H](O)C(=O)[C@@](N)(c2ccccc2Cl)C([2H])([2H])C1([2H])[2H]. The number of rotatable bonds is 1. The lowest BCUT2D eigenvalue weighted by Crippen LogP contribution is -2.52. The van der Waals surface area contributed by atoms with Crippen molar-refractivity contribution in [2.75, 3.05) is 0 Å². The molecular weight excluding hydrogens is 226 g/mol. The van der Waals surface area contributed by atoms with Gasteiger partial charge in [-0.05, 0) is 30.7 Å². The van der Waals surface area contributed by atoms with Crippen LogP contribution in [0.5, 0.6) is 0 Å². The molecule has 0 saturated heterocycles. The van der Waals surface area contributed by atoms with Crippen LogP contribution in [0.15, 0.2) is 24.3 Å². The van der Waals surface area contributed by atoms with Gasteiger partial charge in [0.1, 0.15) is 11.6 Å². The van der Waals surface area contributed by atoms with Crippen LogP contribution < -0.4 is 5.73 Å². The van der Waals surface area contributed by atoms with E-state index < -0.39 is 36.5 Å². The second-order valence-electron chi connectivity index (χ2n) is 3.45. The Kier molecular flexibility index (Phi) is 1.60.